The predicted octanol–water partition coefficient (Wildman–Crippen LogP) is 1.87. The first kappa shape index (κ1) is 16.1. The number of hydrogen-bond acceptors (Lipinski definition) is 3. The van der Waals surface area contributed by atoms with Gasteiger partial charge in [-0.05, 0) is 57.9 Å². The van der Waals surface area contributed by atoms with E-state index in [1.54, 1.807) is 0 Å². The van der Waals surface area contributed by atoms with Gasteiger partial charge in [0.2, 0.25) is 5.91 Å². The van der Waals surface area contributed by atoms with Crippen LogP contribution in [0.1, 0.15) is 51.4 Å². The van der Waals surface area contributed by atoms with E-state index in [-0.39, 0.29) is 43.2 Å². The number of rotatable bonds is 2. The molecule has 3 aliphatic rings. The maximum absolute atomic E-state index is 12.8. The Balaban J connectivity index is 1.50. The molecule has 4 nitrogen and oxygen atoms in total. The third-order valence-electron chi connectivity index (χ3n) is 5.54. The zero-order valence-corrected chi connectivity index (χ0v) is 12.5. The van der Waals surface area contributed by atoms with Gasteiger partial charge >= 0.3 is 6.18 Å². The molecule has 126 valence electrons. The topological polar surface area (TPSA) is 61.4 Å². The summed E-state index contributed by atoms with van der Waals surface area (Å²) in [5.74, 6) is -0.556. The number of halogens is 3. The largest absolute Gasteiger partial charge is 0.417 e. The summed E-state index contributed by atoms with van der Waals surface area (Å²) in [6, 6.07) is 0.125. The van der Waals surface area contributed by atoms with Crippen molar-refractivity contribution in [3.63, 3.8) is 0 Å². The SMILES string of the molecule is O=C(NC1CCNC2(CC2)C1)C1CCC(O)(C(F)(F)F)CC1. The number of alkyl halides is 3. The van der Waals surface area contributed by atoms with E-state index in [9.17, 15) is 23.1 Å². The lowest BCUT2D eigenvalue weighted by molar-refractivity contribution is -0.271. The van der Waals surface area contributed by atoms with Crippen molar-refractivity contribution in [2.24, 2.45) is 5.92 Å². The molecular weight excluding hydrogens is 297 g/mol. The van der Waals surface area contributed by atoms with Crippen LogP contribution in [0.15, 0.2) is 0 Å². The summed E-state index contributed by atoms with van der Waals surface area (Å²) in [5.41, 5.74) is -2.41. The number of carbonyl (C=O) groups is 1. The zero-order valence-electron chi connectivity index (χ0n) is 12.5. The van der Waals surface area contributed by atoms with E-state index >= 15 is 0 Å². The Morgan fingerprint density at radius 2 is 1.77 bits per heavy atom. The van der Waals surface area contributed by atoms with Crippen LogP contribution in [0.25, 0.3) is 0 Å². The fourth-order valence-corrected chi connectivity index (χ4v) is 3.77. The van der Waals surface area contributed by atoms with Gasteiger partial charge in [-0.2, -0.15) is 13.2 Å². The molecule has 0 aromatic rings. The Kier molecular flexibility index (Phi) is 3.92. The molecule has 0 aromatic carbocycles. The Labute approximate surface area is 127 Å². The van der Waals surface area contributed by atoms with Crippen LogP contribution in [0.3, 0.4) is 0 Å². The summed E-state index contributed by atoms with van der Waals surface area (Å²) in [7, 11) is 0. The molecule has 0 bridgehead atoms. The van der Waals surface area contributed by atoms with E-state index in [2.05, 4.69) is 10.6 Å². The van der Waals surface area contributed by atoms with E-state index in [0.29, 0.717) is 0 Å². The van der Waals surface area contributed by atoms with Gasteiger partial charge in [0.1, 0.15) is 0 Å². The van der Waals surface area contributed by atoms with Gasteiger partial charge in [-0.1, -0.05) is 0 Å². The summed E-state index contributed by atoms with van der Waals surface area (Å²) in [6.45, 7) is 0.878. The number of carbonyl (C=O) groups excluding carboxylic acids is 1. The van der Waals surface area contributed by atoms with Crippen LogP contribution in [0.4, 0.5) is 13.2 Å². The highest BCUT2D eigenvalue weighted by Gasteiger charge is 2.55. The number of aliphatic hydroxyl groups is 1. The normalized spacial score (nSPS) is 37.8. The van der Waals surface area contributed by atoms with E-state index < -0.39 is 17.7 Å². The van der Waals surface area contributed by atoms with Crippen LogP contribution in [0.5, 0.6) is 0 Å². The minimum absolute atomic E-state index is 0.0952. The van der Waals surface area contributed by atoms with Gasteiger partial charge in [0.25, 0.3) is 0 Å². The molecule has 22 heavy (non-hydrogen) atoms. The van der Waals surface area contributed by atoms with Crippen molar-refractivity contribution in [1.29, 1.82) is 0 Å². The number of nitrogens with one attached hydrogen (secondary N) is 2. The average molecular weight is 320 g/mol. The summed E-state index contributed by atoms with van der Waals surface area (Å²) >= 11 is 0. The molecule has 1 unspecified atom stereocenters. The lowest BCUT2D eigenvalue weighted by Crippen LogP contribution is -2.52. The van der Waals surface area contributed by atoms with Crippen LogP contribution in [0, 0.1) is 5.92 Å². The van der Waals surface area contributed by atoms with Crippen LogP contribution in [0.2, 0.25) is 0 Å². The van der Waals surface area contributed by atoms with E-state index in [1.165, 1.54) is 0 Å². The predicted molar refractivity (Wildman–Crippen MR) is 74.1 cm³/mol. The quantitative estimate of drug-likeness (QED) is 0.728. The fourth-order valence-electron chi connectivity index (χ4n) is 3.77. The van der Waals surface area contributed by atoms with Crippen molar-refractivity contribution in [3.05, 3.63) is 0 Å². The van der Waals surface area contributed by atoms with Crippen LogP contribution in [-0.2, 0) is 4.79 Å². The second kappa shape index (κ2) is 5.37. The minimum atomic E-state index is -4.61. The van der Waals surface area contributed by atoms with Crippen LogP contribution >= 0.6 is 0 Å². The molecule has 1 heterocycles. The molecule has 2 aliphatic carbocycles. The fraction of sp³-hybridized carbons (Fsp3) is 0.933. The molecule has 7 heteroatoms. The van der Waals surface area contributed by atoms with Crippen molar-refractivity contribution in [3.8, 4) is 0 Å². The van der Waals surface area contributed by atoms with Gasteiger partial charge in [0.05, 0.1) is 0 Å². The van der Waals surface area contributed by atoms with E-state index in [1.807, 2.05) is 0 Å². The highest BCUT2D eigenvalue weighted by atomic mass is 19.4. The van der Waals surface area contributed by atoms with Gasteiger partial charge in [-0.25, -0.2) is 0 Å². The molecule has 1 amide bonds. The van der Waals surface area contributed by atoms with Crippen molar-refractivity contribution in [2.45, 2.75) is 74.7 Å². The Morgan fingerprint density at radius 3 is 2.32 bits per heavy atom. The molecule has 3 N–H and O–H groups in total. The van der Waals surface area contributed by atoms with E-state index in [0.717, 1.165) is 32.2 Å². The monoisotopic (exact) mass is 320 g/mol. The lowest BCUT2D eigenvalue weighted by atomic mass is 9.78. The van der Waals surface area contributed by atoms with Crippen molar-refractivity contribution >= 4 is 5.91 Å². The number of hydrogen-bond donors (Lipinski definition) is 3. The van der Waals surface area contributed by atoms with Gasteiger partial charge in [0.15, 0.2) is 5.60 Å². The Bertz CT molecular complexity index is 441. The molecule has 0 radical (unpaired) electrons. The molecule has 0 aromatic heterocycles. The Morgan fingerprint density at radius 1 is 1.14 bits per heavy atom. The van der Waals surface area contributed by atoms with E-state index in [4.69, 9.17) is 0 Å². The molecule has 3 rings (SSSR count). The van der Waals surface area contributed by atoms with Gasteiger partial charge in [0, 0.05) is 17.5 Å². The van der Waals surface area contributed by atoms with Gasteiger partial charge < -0.3 is 15.7 Å². The third kappa shape index (κ3) is 3.11. The standard InChI is InChI=1S/C15H23F3N2O2/c16-15(17,18)14(22)4-1-10(2-5-14)12(21)20-11-3-8-19-13(9-11)6-7-13/h10-11,19,22H,1-9H2,(H,20,21). The third-order valence-corrected chi connectivity index (χ3v) is 5.54. The van der Waals surface area contributed by atoms with Crippen LogP contribution in [-0.4, -0.2) is 40.9 Å². The first-order valence-corrected chi connectivity index (χ1v) is 8.08. The second-order valence-corrected chi connectivity index (χ2v) is 7.21. The molecule has 1 spiro atoms. The summed E-state index contributed by atoms with van der Waals surface area (Å²) in [5, 5.41) is 16.1. The molecule has 3 fully saturated rings. The minimum Gasteiger partial charge on any atom is -0.380 e. The second-order valence-electron chi connectivity index (χ2n) is 7.21. The Hall–Kier alpha value is -0.820. The zero-order chi connectivity index (χ0) is 16.0. The van der Waals surface area contributed by atoms with Crippen LogP contribution < -0.4 is 10.6 Å². The smallest absolute Gasteiger partial charge is 0.380 e. The van der Waals surface area contributed by atoms with Gasteiger partial charge in [-0.15, -0.1) is 0 Å². The van der Waals surface area contributed by atoms with Crippen molar-refractivity contribution in [2.75, 3.05) is 6.54 Å². The maximum atomic E-state index is 12.8. The van der Waals surface area contributed by atoms with Crippen molar-refractivity contribution < 1.29 is 23.1 Å². The molecule has 1 aliphatic heterocycles. The highest BCUT2D eigenvalue weighted by Crippen LogP contribution is 2.44. The maximum Gasteiger partial charge on any atom is 0.417 e. The van der Waals surface area contributed by atoms with Crippen molar-refractivity contribution in [1.82, 2.24) is 10.6 Å². The summed E-state index contributed by atoms with van der Waals surface area (Å²) in [4.78, 5) is 12.3. The average Bonchev–Trinajstić information content (AvgIpc) is 3.17. The molecule has 1 atom stereocenters. The molecule has 1 saturated heterocycles. The number of amides is 1. The first-order chi connectivity index (χ1) is 10.2. The lowest BCUT2D eigenvalue weighted by Gasteiger charge is -2.37. The summed E-state index contributed by atoms with van der Waals surface area (Å²) in [6.07, 6.45) is -1.12. The number of piperidine rings is 1. The molecule has 2 saturated carbocycles. The highest BCUT2D eigenvalue weighted by molar-refractivity contribution is 5.79. The van der Waals surface area contributed by atoms with Gasteiger partial charge in [-0.3, -0.25) is 4.79 Å². The first-order valence-electron chi connectivity index (χ1n) is 8.08. The molecular formula is C15H23F3N2O2. The summed E-state index contributed by atoms with van der Waals surface area (Å²) < 4.78 is 38.3.